The Hall–Kier alpha value is -2.44. The molecule has 0 aromatic carbocycles. The number of nitro groups is 1. The molecule has 2 rings (SSSR count). The van der Waals surface area contributed by atoms with E-state index in [1.165, 1.54) is 12.1 Å². The van der Waals surface area contributed by atoms with Gasteiger partial charge < -0.3 is 5.32 Å². The van der Waals surface area contributed by atoms with Gasteiger partial charge in [0.25, 0.3) is 5.69 Å². The minimum absolute atomic E-state index is 0.00926. The third-order valence-corrected chi connectivity index (χ3v) is 2.25. The van der Waals surface area contributed by atoms with Gasteiger partial charge in [0, 0.05) is 26.4 Å². The zero-order valence-corrected chi connectivity index (χ0v) is 9.41. The smallest absolute Gasteiger partial charge is 0.275 e. The quantitative estimate of drug-likeness (QED) is 0.640. The van der Waals surface area contributed by atoms with Gasteiger partial charge in [0.15, 0.2) is 0 Å². The van der Waals surface area contributed by atoms with Crippen molar-refractivity contribution in [2.45, 2.75) is 0 Å². The fraction of sp³-hybridized carbons (Fsp3) is 0.200. The first-order valence-corrected chi connectivity index (χ1v) is 4.94. The first kappa shape index (κ1) is 11.1. The van der Waals surface area contributed by atoms with Crippen LogP contribution in [0.15, 0.2) is 24.4 Å². The van der Waals surface area contributed by atoms with Crippen LogP contribution in [0.1, 0.15) is 0 Å². The summed E-state index contributed by atoms with van der Waals surface area (Å²) in [5.41, 5.74) is 1.07. The van der Waals surface area contributed by atoms with Gasteiger partial charge in [-0.15, -0.1) is 0 Å². The highest BCUT2D eigenvalue weighted by atomic mass is 16.6. The van der Waals surface area contributed by atoms with Crippen LogP contribution in [-0.4, -0.2) is 26.7 Å². The topological polar surface area (TPSA) is 85.9 Å². The second-order valence-corrected chi connectivity index (χ2v) is 3.48. The number of aryl methyl sites for hydroxylation is 1. The molecule has 0 aliphatic heterocycles. The van der Waals surface area contributed by atoms with Gasteiger partial charge >= 0.3 is 0 Å². The summed E-state index contributed by atoms with van der Waals surface area (Å²) in [6.45, 7) is 0. The minimum atomic E-state index is -0.449. The summed E-state index contributed by atoms with van der Waals surface area (Å²) in [7, 11) is 3.44. The molecule has 88 valence electrons. The van der Waals surface area contributed by atoms with Gasteiger partial charge in [-0.25, -0.2) is 4.98 Å². The SMILES string of the molecule is CNc1cc([N+](=O)[O-])cc(-c2ccn(C)n2)n1. The summed E-state index contributed by atoms with van der Waals surface area (Å²) in [5, 5.41) is 17.7. The van der Waals surface area contributed by atoms with E-state index in [4.69, 9.17) is 0 Å². The van der Waals surface area contributed by atoms with E-state index in [0.717, 1.165) is 0 Å². The average molecular weight is 233 g/mol. The first-order chi connectivity index (χ1) is 8.10. The molecule has 0 fully saturated rings. The Morgan fingerprint density at radius 2 is 2.18 bits per heavy atom. The second kappa shape index (κ2) is 4.20. The lowest BCUT2D eigenvalue weighted by Gasteiger charge is -2.02. The van der Waals surface area contributed by atoms with Crippen molar-refractivity contribution in [3.8, 4) is 11.4 Å². The zero-order chi connectivity index (χ0) is 12.4. The Labute approximate surface area is 97.2 Å². The maximum absolute atomic E-state index is 10.8. The number of pyridine rings is 1. The fourth-order valence-corrected chi connectivity index (χ4v) is 1.43. The number of aromatic nitrogens is 3. The van der Waals surface area contributed by atoms with Crippen molar-refractivity contribution in [1.82, 2.24) is 14.8 Å². The highest BCUT2D eigenvalue weighted by Gasteiger charge is 2.13. The molecule has 0 amide bonds. The lowest BCUT2D eigenvalue weighted by atomic mass is 10.2. The van der Waals surface area contributed by atoms with Crippen molar-refractivity contribution in [2.75, 3.05) is 12.4 Å². The molecule has 0 unspecified atom stereocenters. The summed E-state index contributed by atoms with van der Waals surface area (Å²) < 4.78 is 1.62. The van der Waals surface area contributed by atoms with Gasteiger partial charge in [-0.05, 0) is 6.07 Å². The van der Waals surface area contributed by atoms with Crippen LogP contribution in [0, 0.1) is 10.1 Å². The first-order valence-electron chi connectivity index (χ1n) is 4.94. The minimum Gasteiger partial charge on any atom is -0.373 e. The largest absolute Gasteiger partial charge is 0.373 e. The van der Waals surface area contributed by atoms with Gasteiger partial charge in [0.1, 0.15) is 11.5 Å². The number of nitrogens with zero attached hydrogens (tertiary/aromatic N) is 4. The standard InChI is InChI=1S/C10H11N5O2/c1-11-10-6-7(15(16)17)5-9(12-10)8-3-4-14(2)13-8/h3-6H,1-2H3,(H,11,12). The van der Waals surface area contributed by atoms with Crippen LogP contribution in [0.2, 0.25) is 0 Å². The molecular weight excluding hydrogens is 222 g/mol. The van der Waals surface area contributed by atoms with Crippen molar-refractivity contribution in [1.29, 1.82) is 0 Å². The van der Waals surface area contributed by atoms with E-state index in [0.29, 0.717) is 17.2 Å². The highest BCUT2D eigenvalue weighted by Crippen LogP contribution is 2.23. The van der Waals surface area contributed by atoms with E-state index >= 15 is 0 Å². The molecule has 7 nitrogen and oxygen atoms in total. The Morgan fingerprint density at radius 3 is 2.71 bits per heavy atom. The molecule has 0 radical (unpaired) electrons. The maximum atomic E-state index is 10.8. The molecule has 0 bridgehead atoms. The predicted octanol–water partition coefficient (Wildman–Crippen LogP) is 1.43. The highest BCUT2D eigenvalue weighted by molar-refractivity contribution is 5.61. The molecule has 17 heavy (non-hydrogen) atoms. The molecule has 1 N–H and O–H groups in total. The molecule has 7 heteroatoms. The van der Waals surface area contributed by atoms with Crippen LogP contribution in [0.5, 0.6) is 0 Å². The average Bonchev–Trinajstić information content (AvgIpc) is 2.75. The molecule has 2 aromatic heterocycles. The third kappa shape index (κ3) is 2.22. The van der Waals surface area contributed by atoms with Crippen LogP contribution in [0.4, 0.5) is 11.5 Å². The van der Waals surface area contributed by atoms with Crippen molar-refractivity contribution in [3.05, 3.63) is 34.5 Å². The van der Waals surface area contributed by atoms with E-state index in [-0.39, 0.29) is 5.69 Å². The third-order valence-electron chi connectivity index (χ3n) is 2.25. The number of anilines is 1. The molecule has 0 saturated heterocycles. The normalized spacial score (nSPS) is 10.2. The number of hydrogen-bond donors (Lipinski definition) is 1. The van der Waals surface area contributed by atoms with E-state index in [2.05, 4.69) is 15.4 Å². The lowest BCUT2D eigenvalue weighted by Crippen LogP contribution is -1.98. The molecule has 2 heterocycles. The Bertz CT molecular complexity index is 564. The summed E-state index contributed by atoms with van der Waals surface area (Å²) in [6.07, 6.45) is 1.76. The Kier molecular flexibility index (Phi) is 2.73. The second-order valence-electron chi connectivity index (χ2n) is 3.48. The van der Waals surface area contributed by atoms with Gasteiger partial charge in [-0.1, -0.05) is 0 Å². The summed E-state index contributed by atoms with van der Waals surface area (Å²) in [6, 6.07) is 4.54. The van der Waals surface area contributed by atoms with Crippen molar-refractivity contribution >= 4 is 11.5 Å². The number of rotatable bonds is 3. The van der Waals surface area contributed by atoms with Crippen LogP contribution >= 0.6 is 0 Å². The van der Waals surface area contributed by atoms with E-state index < -0.39 is 4.92 Å². The molecule has 0 spiro atoms. The lowest BCUT2D eigenvalue weighted by molar-refractivity contribution is -0.384. The van der Waals surface area contributed by atoms with E-state index in [1.807, 2.05) is 0 Å². The van der Waals surface area contributed by atoms with Gasteiger partial charge in [-0.3, -0.25) is 14.8 Å². The van der Waals surface area contributed by atoms with Crippen LogP contribution < -0.4 is 5.32 Å². The molecule has 0 atom stereocenters. The molecule has 0 saturated carbocycles. The summed E-state index contributed by atoms with van der Waals surface area (Å²) in [4.78, 5) is 14.6. The molecule has 0 aliphatic carbocycles. The summed E-state index contributed by atoms with van der Waals surface area (Å²) in [5.74, 6) is 0.444. The maximum Gasteiger partial charge on any atom is 0.275 e. The zero-order valence-electron chi connectivity index (χ0n) is 9.41. The van der Waals surface area contributed by atoms with Crippen LogP contribution in [0.3, 0.4) is 0 Å². The van der Waals surface area contributed by atoms with Gasteiger partial charge in [0.2, 0.25) is 0 Å². The van der Waals surface area contributed by atoms with Crippen LogP contribution in [-0.2, 0) is 7.05 Å². The fourth-order valence-electron chi connectivity index (χ4n) is 1.43. The van der Waals surface area contributed by atoms with Crippen molar-refractivity contribution in [3.63, 3.8) is 0 Å². The van der Waals surface area contributed by atoms with E-state index in [1.54, 1.807) is 31.0 Å². The molecule has 2 aromatic rings. The molecule has 0 aliphatic rings. The predicted molar refractivity (Wildman–Crippen MR) is 62.6 cm³/mol. The monoisotopic (exact) mass is 233 g/mol. The van der Waals surface area contributed by atoms with Crippen molar-refractivity contribution in [2.24, 2.45) is 7.05 Å². The van der Waals surface area contributed by atoms with Gasteiger partial charge in [0.05, 0.1) is 16.7 Å². The van der Waals surface area contributed by atoms with Gasteiger partial charge in [-0.2, -0.15) is 5.10 Å². The van der Waals surface area contributed by atoms with Crippen molar-refractivity contribution < 1.29 is 4.92 Å². The van der Waals surface area contributed by atoms with E-state index in [9.17, 15) is 10.1 Å². The Balaban J connectivity index is 2.53. The molecular formula is C10H11N5O2. The number of nitrogens with one attached hydrogen (secondary N) is 1. The number of hydrogen-bond acceptors (Lipinski definition) is 5. The van der Waals surface area contributed by atoms with Crippen LogP contribution in [0.25, 0.3) is 11.4 Å². The summed E-state index contributed by atoms with van der Waals surface area (Å²) >= 11 is 0. The Morgan fingerprint density at radius 1 is 1.41 bits per heavy atom.